The highest BCUT2D eigenvalue weighted by Crippen LogP contribution is 2.31. The molecule has 0 atom stereocenters. The fourth-order valence-corrected chi connectivity index (χ4v) is 4.70. The van der Waals surface area contributed by atoms with Crippen LogP contribution in [0.2, 0.25) is 0 Å². The number of rotatable bonds is 10. The number of hydrogen-bond acceptors (Lipinski definition) is 10. The first kappa shape index (κ1) is 24.5. The maximum Gasteiger partial charge on any atom is 0.234 e. The van der Waals surface area contributed by atoms with Gasteiger partial charge in [0.2, 0.25) is 17.8 Å². The third-order valence-electron chi connectivity index (χ3n) is 6.12. The van der Waals surface area contributed by atoms with Gasteiger partial charge in [-0.2, -0.15) is 20.1 Å². The Balaban J connectivity index is 1.31. The molecule has 11 nitrogen and oxygen atoms in total. The predicted molar refractivity (Wildman–Crippen MR) is 139 cm³/mol. The minimum absolute atomic E-state index is 0.0956. The second-order valence-corrected chi connectivity index (χ2v) is 10.1. The molecule has 3 heterocycles. The van der Waals surface area contributed by atoms with Gasteiger partial charge in [-0.15, -0.1) is 0 Å². The first-order valence-corrected chi connectivity index (χ1v) is 13.1. The van der Waals surface area contributed by atoms with Gasteiger partial charge in [0.15, 0.2) is 11.0 Å². The van der Waals surface area contributed by atoms with E-state index in [-0.39, 0.29) is 18.4 Å². The molecule has 1 aliphatic heterocycles. The molecule has 2 aromatic heterocycles. The zero-order valence-electron chi connectivity index (χ0n) is 20.3. The van der Waals surface area contributed by atoms with Gasteiger partial charge in [0.05, 0.1) is 0 Å². The molecule has 190 valence electrons. The van der Waals surface area contributed by atoms with Gasteiger partial charge in [0, 0.05) is 67.6 Å². The molecule has 12 heteroatoms. The SMILES string of the molecule is Cc1cc(Nc2nc(Sc3ccc(NC(=O)C4CC4)cc3)nc(N3CCN(CCCO)CC3)n2)n[nH]1. The molecule has 1 aliphatic carbocycles. The van der Waals surface area contributed by atoms with E-state index in [1.807, 2.05) is 37.3 Å². The van der Waals surface area contributed by atoms with Gasteiger partial charge in [-0.25, -0.2) is 0 Å². The van der Waals surface area contributed by atoms with Gasteiger partial charge in [0.1, 0.15) is 0 Å². The summed E-state index contributed by atoms with van der Waals surface area (Å²) in [7, 11) is 0. The smallest absolute Gasteiger partial charge is 0.234 e. The predicted octanol–water partition coefficient (Wildman–Crippen LogP) is 2.65. The Kier molecular flexibility index (Phi) is 7.63. The van der Waals surface area contributed by atoms with Crippen LogP contribution in [0.4, 0.5) is 23.4 Å². The summed E-state index contributed by atoms with van der Waals surface area (Å²) < 4.78 is 0. The lowest BCUT2D eigenvalue weighted by Gasteiger charge is -2.34. The van der Waals surface area contributed by atoms with Gasteiger partial charge >= 0.3 is 0 Å². The van der Waals surface area contributed by atoms with Crippen LogP contribution in [0.15, 0.2) is 40.4 Å². The number of aliphatic hydroxyl groups is 1. The number of nitrogens with zero attached hydrogens (tertiary/aromatic N) is 6. The second kappa shape index (κ2) is 11.2. The molecular formula is C24H31N9O2S. The Hall–Kier alpha value is -3.22. The van der Waals surface area contributed by atoms with E-state index in [2.05, 4.69) is 40.6 Å². The van der Waals surface area contributed by atoms with E-state index >= 15 is 0 Å². The summed E-state index contributed by atoms with van der Waals surface area (Å²) in [6.45, 7) is 6.43. The number of anilines is 4. The monoisotopic (exact) mass is 509 g/mol. The Morgan fingerprint density at radius 2 is 1.92 bits per heavy atom. The second-order valence-electron chi connectivity index (χ2n) is 9.10. The molecule has 1 saturated carbocycles. The summed E-state index contributed by atoms with van der Waals surface area (Å²) in [5.41, 5.74) is 1.73. The molecular weight excluding hydrogens is 478 g/mol. The highest BCUT2D eigenvalue weighted by Gasteiger charge is 2.29. The van der Waals surface area contributed by atoms with Gasteiger partial charge in [-0.05, 0) is 62.2 Å². The number of H-pyrrole nitrogens is 1. The third kappa shape index (κ3) is 6.50. The fraction of sp³-hybridized carbons (Fsp3) is 0.458. The van der Waals surface area contributed by atoms with E-state index in [9.17, 15) is 4.79 Å². The number of aromatic nitrogens is 5. The van der Waals surface area contributed by atoms with Crippen molar-refractivity contribution in [2.24, 2.45) is 5.92 Å². The molecule has 2 fully saturated rings. The Morgan fingerprint density at radius 1 is 1.14 bits per heavy atom. The number of hydrogen-bond donors (Lipinski definition) is 4. The zero-order valence-corrected chi connectivity index (χ0v) is 21.1. The van der Waals surface area contributed by atoms with Crippen LogP contribution in [0.25, 0.3) is 0 Å². The Bertz CT molecular complexity index is 1170. The number of aromatic amines is 1. The van der Waals surface area contributed by atoms with E-state index in [0.717, 1.165) is 68.3 Å². The van der Waals surface area contributed by atoms with Crippen molar-refractivity contribution in [3.63, 3.8) is 0 Å². The van der Waals surface area contributed by atoms with E-state index in [0.29, 0.717) is 22.9 Å². The normalized spacial score (nSPS) is 16.2. The minimum atomic E-state index is 0.0956. The van der Waals surface area contributed by atoms with Gasteiger partial charge < -0.3 is 20.6 Å². The maximum absolute atomic E-state index is 12.0. The fourth-order valence-electron chi connectivity index (χ4n) is 3.95. The lowest BCUT2D eigenvalue weighted by Crippen LogP contribution is -2.47. The number of carbonyl (C=O) groups excluding carboxylic acids is 1. The molecule has 0 spiro atoms. The van der Waals surface area contributed by atoms with Crippen molar-refractivity contribution >= 4 is 41.1 Å². The average molecular weight is 510 g/mol. The van der Waals surface area contributed by atoms with Crippen LogP contribution in [-0.4, -0.2) is 80.4 Å². The van der Waals surface area contributed by atoms with Crippen molar-refractivity contribution in [2.75, 3.05) is 54.9 Å². The quantitative estimate of drug-likeness (QED) is 0.323. The number of carbonyl (C=O) groups is 1. The summed E-state index contributed by atoms with van der Waals surface area (Å²) in [5, 5.41) is 23.0. The van der Waals surface area contributed by atoms with E-state index in [1.54, 1.807) is 0 Å². The highest BCUT2D eigenvalue weighted by molar-refractivity contribution is 7.99. The number of aryl methyl sites for hydroxylation is 1. The standard InChI is InChI=1S/C24H31N9O2S/c1-16-15-20(31-30-16)26-22-27-23(33-12-10-32(11-13-33)9-2-14-34)29-24(28-22)36-19-7-5-18(6-8-19)25-21(35)17-3-4-17/h5-8,15,17,34H,2-4,9-14H2,1H3,(H,25,35)(H2,26,27,28,29,30,31). The van der Waals surface area contributed by atoms with Crippen LogP contribution in [0.1, 0.15) is 25.0 Å². The van der Waals surface area contributed by atoms with Crippen LogP contribution in [0.3, 0.4) is 0 Å². The summed E-state index contributed by atoms with van der Waals surface area (Å²) in [5.74, 6) is 1.97. The van der Waals surface area contributed by atoms with Gasteiger partial charge in [-0.1, -0.05) is 0 Å². The van der Waals surface area contributed by atoms with Crippen LogP contribution < -0.4 is 15.5 Å². The molecule has 0 radical (unpaired) electrons. The molecule has 3 aromatic rings. The van der Waals surface area contributed by atoms with E-state index in [1.165, 1.54) is 11.8 Å². The zero-order chi connectivity index (χ0) is 24.9. The largest absolute Gasteiger partial charge is 0.396 e. The van der Waals surface area contributed by atoms with Crippen LogP contribution in [0, 0.1) is 12.8 Å². The first-order valence-electron chi connectivity index (χ1n) is 12.3. The topological polar surface area (TPSA) is 135 Å². The lowest BCUT2D eigenvalue weighted by molar-refractivity contribution is -0.117. The Labute approximate surface area is 214 Å². The van der Waals surface area contributed by atoms with Crippen LogP contribution in [-0.2, 0) is 4.79 Å². The lowest BCUT2D eigenvalue weighted by atomic mass is 10.3. The van der Waals surface area contributed by atoms with E-state index < -0.39 is 0 Å². The number of nitrogens with one attached hydrogen (secondary N) is 3. The van der Waals surface area contributed by atoms with Crippen molar-refractivity contribution < 1.29 is 9.90 Å². The van der Waals surface area contributed by atoms with Crippen LogP contribution in [0.5, 0.6) is 0 Å². The van der Waals surface area contributed by atoms with E-state index in [4.69, 9.17) is 10.1 Å². The van der Waals surface area contributed by atoms with Crippen molar-refractivity contribution in [1.82, 2.24) is 30.0 Å². The minimum Gasteiger partial charge on any atom is -0.396 e. The first-order chi connectivity index (χ1) is 17.6. The summed E-state index contributed by atoms with van der Waals surface area (Å²) in [4.78, 5) is 31.6. The molecule has 1 aromatic carbocycles. The van der Waals surface area contributed by atoms with Crippen LogP contribution >= 0.6 is 11.8 Å². The summed E-state index contributed by atoms with van der Waals surface area (Å²) in [6, 6.07) is 9.62. The number of amides is 1. The van der Waals surface area contributed by atoms with Crippen molar-refractivity contribution in [2.45, 2.75) is 36.2 Å². The molecule has 0 bridgehead atoms. The van der Waals surface area contributed by atoms with Crippen molar-refractivity contribution in [1.29, 1.82) is 0 Å². The van der Waals surface area contributed by atoms with Crippen molar-refractivity contribution in [3.05, 3.63) is 36.0 Å². The van der Waals surface area contributed by atoms with Crippen molar-refractivity contribution in [3.8, 4) is 0 Å². The Morgan fingerprint density at radius 3 is 2.58 bits per heavy atom. The highest BCUT2D eigenvalue weighted by atomic mass is 32.2. The van der Waals surface area contributed by atoms with Gasteiger partial charge in [0.25, 0.3) is 0 Å². The molecule has 36 heavy (non-hydrogen) atoms. The maximum atomic E-state index is 12.0. The molecule has 2 aliphatic rings. The molecule has 4 N–H and O–H groups in total. The number of piperazine rings is 1. The number of benzene rings is 1. The van der Waals surface area contributed by atoms with Gasteiger partial charge in [-0.3, -0.25) is 14.8 Å². The number of aliphatic hydroxyl groups excluding tert-OH is 1. The molecule has 1 saturated heterocycles. The third-order valence-corrected chi connectivity index (χ3v) is 6.99. The molecule has 1 amide bonds. The summed E-state index contributed by atoms with van der Waals surface area (Å²) >= 11 is 1.45. The molecule has 0 unspecified atom stereocenters. The molecule has 5 rings (SSSR count). The average Bonchev–Trinajstić information content (AvgIpc) is 3.66. The summed E-state index contributed by atoms with van der Waals surface area (Å²) in [6.07, 6.45) is 2.74.